The van der Waals surface area contributed by atoms with Gasteiger partial charge in [-0.25, -0.2) is 0 Å². The minimum atomic E-state index is -0.311. The fraction of sp³-hybridized carbons (Fsp3) is 0.600. The summed E-state index contributed by atoms with van der Waals surface area (Å²) in [6.45, 7) is 5.66. The summed E-state index contributed by atoms with van der Waals surface area (Å²) in [6, 6.07) is 3.79. The van der Waals surface area contributed by atoms with Crippen molar-refractivity contribution < 1.29 is 14.6 Å². The van der Waals surface area contributed by atoms with Crippen molar-refractivity contribution in [3.63, 3.8) is 0 Å². The van der Waals surface area contributed by atoms with E-state index in [2.05, 4.69) is 19.2 Å². The molecular weight excluding hydrogens is 278 g/mol. The molecule has 5 heteroatoms. The van der Waals surface area contributed by atoms with Gasteiger partial charge in [0.15, 0.2) is 11.5 Å². The largest absolute Gasteiger partial charge is 0.454 e. The standard InChI is InChI=1S/C15H22ClNO3/c1-3-11(4-2)13(18)8-17-7-10-5-12(16)15-14(6-10)19-9-20-15/h5-6,11,13,17-18H,3-4,7-9H2,1-2H3. The Morgan fingerprint density at radius 2 is 2.05 bits per heavy atom. The summed E-state index contributed by atoms with van der Waals surface area (Å²) < 4.78 is 10.6. The zero-order chi connectivity index (χ0) is 14.5. The second-order valence-corrected chi connectivity index (χ2v) is 5.49. The second kappa shape index (κ2) is 7.16. The number of nitrogens with one attached hydrogen (secondary N) is 1. The van der Waals surface area contributed by atoms with Gasteiger partial charge < -0.3 is 19.9 Å². The first-order chi connectivity index (χ1) is 9.65. The molecule has 0 bridgehead atoms. The highest BCUT2D eigenvalue weighted by atomic mass is 35.5. The maximum atomic E-state index is 10.1. The Morgan fingerprint density at radius 3 is 2.75 bits per heavy atom. The molecule has 0 saturated carbocycles. The van der Waals surface area contributed by atoms with Gasteiger partial charge in [-0.05, 0) is 23.6 Å². The monoisotopic (exact) mass is 299 g/mol. The predicted molar refractivity (Wildman–Crippen MR) is 79.4 cm³/mol. The number of aliphatic hydroxyl groups is 1. The summed E-state index contributed by atoms with van der Waals surface area (Å²) in [5, 5.41) is 13.9. The molecule has 1 atom stereocenters. The Hall–Kier alpha value is -0.970. The van der Waals surface area contributed by atoms with Crippen molar-refractivity contribution in [2.75, 3.05) is 13.3 Å². The molecule has 0 radical (unpaired) electrons. The lowest BCUT2D eigenvalue weighted by atomic mass is 9.96. The molecule has 112 valence electrons. The first-order valence-corrected chi connectivity index (χ1v) is 7.50. The Bertz CT molecular complexity index is 449. The highest BCUT2D eigenvalue weighted by molar-refractivity contribution is 6.32. The van der Waals surface area contributed by atoms with Crippen LogP contribution >= 0.6 is 11.6 Å². The third-order valence-corrected chi connectivity index (χ3v) is 4.04. The molecule has 0 amide bonds. The van der Waals surface area contributed by atoms with Crippen LogP contribution in [0.3, 0.4) is 0 Å². The summed E-state index contributed by atoms with van der Waals surface area (Å²) >= 11 is 6.13. The van der Waals surface area contributed by atoms with Gasteiger partial charge in [0.25, 0.3) is 0 Å². The van der Waals surface area contributed by atoms with Crippen LogP contribution in [0.5, 0.6) is 11.5 Å². The molecular formula is C15H22ClNO3. The average Bonchev–Trinajstić information content (AvgIpc) is 2.89. The number of halogens is 1. The second-order valence-electron chi connectivity index (χ2n) is 5.09. The molecule has 2 N–H and O–H groups in total. The van der Waals surface area contributed by atoms with Crippen LogP contribution in [-0.4, -0.2) is 24.5 Å². The molecule has 0 aliphatic carbocycles. The Balaban J connectivity index is 1.87. The van der Waals surface area contributed by atoms with Gasteiger partial charge in [-0.3, -0.25) is 0 Å². The molecule has 0 saturated heterocycles. The molecule has 1 aliphatic rings. The van der Waals surface area contributed by atoms with E-state index in [1.807, 2.05) is 12.1 Å². The fourth-order valence-corrected chi connectivity index (χ4v) is 2.77. The fourth-order valence-electron chi connectivity index (χ4n) is 2.49. The van der Waals surface area contributed by atoms with Crippen LogP contribution in [-0.2, 0) is 6.54 Å². The van der Waals surface area contributed by atoms with Crippen LogP contribution in [0.25, 0.3) is 0 Å². The van der Waals surface area contributed by atoms with Crippen molar-refractivity contribution in [3.8, 4) is 11.5 Å². The van der Waals surface area contributed by atoms with Crippen molar-refractivity contribution >= 4 is 11.6 Å². The molecule has 1 heterocycles. The van der Waals surface area contributed by atoms with Crippen LogP contribution in [0.15, 0.2) is 12.1 Å². The quantitative estimate of drug-likeness (QED) is 0.813. The van der Waals surface area contributed by atoms with Gasteiger partial charge in [-0.15, -0.1) is 0 Å². The van der Waals surface area contributed by atoms with Crippen molar-refractivity contribution in [2.24, 2.45) is 5.92 Å². The van der Waals surface area contributed by atoms with E-state index in [0.717, 1.165) is 18.4 Å². The third-order valence-electron chi connectivity index (χ3n) is 3.76. The maximum absolute atomic E-state index is 10.1. The zero-order valence-electron chi connectivity index (χ0n) is 12.0. The summed E-state index contributed by atoms with van der Waals surface area (Å²) in [5.41, 5.74) is 1.02. The molecule has 0 aromatic heterocycles. The first-order valence-electron chi connectivity index (χ1n) is 7.12. The normalized spacial score (nSPS) is 14.8. The lowest BCUT2D eigenvalue weighted by Crippen LogP contribution is -2.32. The molecule has 1 aromatic carbocycles. The highest BCUT2D eigenvalue weighted by Crippen LogP contribution is 2.39. The van der Waals surface area contributed by atoms with Gasteiger partial charge in [0.05, 0.1) is 11.1 Å². The van der Waals surface area contributed by atoms with E-state index in [1.165, 1.54) is 0 Å². The van der Waals surface area contributed by atoms with Crippen molar-refractivity contribution in [1.82, 2.24) is 5.32 Å². The molecule has 0 fully saturated rings. The minimum Gasteiger partial charge on any atom is -0.454 e. The van der Waals surface area contributed by atoms with Crippen LogP contribution < -0.4 is 14.8 Å². The van der Waals surface area contributed by atoms with Crippen molar-refractivity contribution in [1.29, 1.82) is 0 Å². The van der Waals surface area contributed by atoms with Gasteiger partial charge in [0, 0.05) is 13.1 Å². The number of benzene rings is 1. The zero-order valence-corrected chi connectivity index (χ0v) is 12.7. The van der Waals surface area contributed by atoms with Crippen molar-refractivity contribution in [2.45, 2.75) is 39.3 Å². The molecule has 2 rings (SSSR count). The number of hydrogen-bond donors (Lipinski definition) is 2. The number of rotatable bonds is 7. The predicted octanol–water partition coefficient (Wildman–Crippen LogP) is 2.96. The smallest absolute Gasteiger partial charge is 0.231 e. The van der Waals surface area contributed by atoms with E-state index in [1.54, 1.807) is 0 Å². The SMILES string of the molecule is CCC(CC)C(O)CNCc1cc(Cl)c2c(c1)OCO2. The van der Waals surface area contributed by atoms with E-state index in [-0.39, 0.29) is 12.9 Å². The molecule has 0 spiro atoms. The Labute approximate surface area is 125 Å². The van der Waals surface area contributed by atoms with Crippen LogP contribution in [0.4, 0.5) is 0 Å². The number of aliphatic hydroxyl groups excluding tert-OH is 1. The highest BCUT2D eigenvalue weighted by Gasteiger charge is 2.19. The molecule has 1 aliphatic heterocycles. The number of ether oxygens (including phenoxy) is 2. The summed E-state index contributed by atoms with van der Waals surface area (Å²) in [5.74, 6) is 1.66. The minimum absolute atomic E-state index is 0.222. The van der Waals surface area contributed by atoms with Gasteiger partial charge in [-0.2, -0.15) is 0 Å². The summed E-state index contributed by atoms with van der Waals surface area (Å²) in [7, 11) is 0. The molecule has 20 heavy (non-hydrogen) atoms. The van der Waals surface area contributed by atoms with Gasteiger partial charge in [0.1, 0.15) is 0 Å². The molecule has 1 unspecified atom stereocenters. The third kappa shape index (κ3) is 3.57. The average molecular weight is 300 g/mol. The lowest BCUT2D eigenvalue weighted by molar-refractivity contribution is 0.101. The Kier molecular flexibility index (Phi) is 5.52. The van der Waals surface area contributed by atoms with Crippen LogP contribution in [0.1, 0.15) is 32.3 Å². The summed E-state index contributed by atoms with van der Waals surface area (Å²) in [6.07, 6.45) is 1.68. The van der Waals surface area contributed by atoms with Crippen LogP contribution in [0.2, 0.25) is 5.02 Å². The Morgan fingerprint density at radius 1 is 1.30 bits per heavy atom. The van der Waals surface area contributed by atoms with Crippen LogP contribution in [0, 0.1) is 5.92 Å². The van der Waals surface area contributed by atoms with Gasteiger partial charge in [-0.1, -0.05) is 38.3 Å². The van der Waals surface area contributed by atoms with E-state index in [4.69, 9.17) is 21.1 Å². The van der Waals surface area contributed by atoms with E-state index >= 15 is 0 Å². The number of fused-ring (bicyclic) bond motifs is 1. The van der Waals surface area contributed by atoms with Crippen molar-refractivity contribution in [3.05, 3.63) is 22.7 Å². The summed E-state index contributed by atoms with van der Waals surface area (Å²) in [4.78, 5) is 0. The van der Waals surface area contributed by atoms with Gasteiger partial charge in [0.2, 0.25) is 6.79 Å². The topological polar surface area (TPSA) is 50.7 Å². The molecule has 1 aromatic rings. The maximum Gasteiger partial charge on any atom is 0.231 e. The first kappa shape index (κ1) is 15.4. The van der Waals surface area contributed by atoms with E-state index in [0.29, 0.717) is 35.5 Å². The van der Waals surface area contributed by atoms with Gasteiger partial charge >= 0.3 is 0 Å². The van der Waals surface area contributed by atoms with E-state index < -0.39 is 0 Å². The lowest BCUT2D eigenvalue weighted by Gasteiger charge is -2.20. The number of hydrogen-bond acceptors (Lipinski definition) is 4. The molecule has 4 nitrogen and oxygen atoms in total. The van der Waals surface area contributed by atoms with E-state index in [9.17, 15) is 5.11 Å².